The molecule has 0 saturated heterocycles. The Morgan fingerprint density at radius 2 is 2.50 bits per heavy atom. The van der Waals surface area contributed by atoms with Crippen LogP contribution in [0.5, 0.6) is 0 Å². The molecule has 0 aromatic carbocycles. The molecule has 0 saturated carbocycles. The van der Waals surface area contributed by atoms with E-state index < -0.39 is 0 Å². The lowest BCUT2D eigenvalue weighted by Crippen LogP contribution is -1.81. The summed E-state index contributed by atoms with van der Waals surface area (Å²) in [6.45, 7) is 0.721. The molecule has 1 aliphatic rings. The molecule has 6 heavy (non-hydrogen) atoms. The van der Waals surface area contributed by atoms with E-state index in [0.717, 1.165) is 13.0 Å². The van der Waals surface area contributed by atoms with E-state index in [2.05, 4.69) is 10.2 Å². The molecule has 0 aliphatic carbocycles. The molecule has 0 radical (unpaired) electrons. The molecule has 1 aliphatic heterocycles. The lowest BCUT2D eigenvalue weighted by atomic mass is 10.4. The van der Waals surface area contributed by atoms with E-state index in [0.29, 0.717) is 5.84 Å². The fourth-order valence-corrected chi connectivity index (χ4v) is 0.341. The van der Waals surface area contributed by atoms with Crippen LogP contribution in [0.2, 0.25) is 0 Å². The highest BCUT2D eigenvalue weighted by Crippen LogP contribution is 1.95. The highest BCUT2D eigenvalue weighted by molar-refractivity contribution is 5.80. The van der Waals surface area contributed by atoms with Crippen LogP contribution in [0.25, 0.3) is 0 Å². The van der Waals surface area contributed by atoms with Crippen molar-refractivity contribution in [3.8, 4) is 0 Å². The third kappa shape index (κ3) is 0.429. The first-order valence-electron chi connectivity index (χ1n) is 1.84. The first-order chi connectivity index (χ1) is 2.89. The quantitative estimate of drug-likeness (QED) is 0.450. The zero-order valence-electron chi connectivity index (χ0n) is 3.31. The Balaban J connectivity index is 2.59. The number of hydrogen-bond donors (Lipinski definition) is 1. The molecule has 0 atom stereocenters. The van der Waals surface area contributed by atoms with Crippen molar-refractivity contribution in [2.24, 2.45) is 10.2 Å². The second kappa shape index (κ2) is 1.16. The van der Waals surface area contributed by atoms with Crippen molar-refractivity contribution in [2.75, 3.05) is 6.54 Å². The van der Waals surface area contributed by atoms with Crippen molar-refractivity contribution in [1.82, 2.24) is 0 Å². The van der Waals surface area contributed by atoms with Gasteiger partial charge in [-0.1, -0.05) is 0 Å². The molecule has 0 aromatic rings. The van der Waals surface area contributed by atoms with E-state index in [9.17, 15) is 0 Å². The topological polar surface area (TPSA) is 48.6 Å². The number of amidine groups is 1. The summed E-state index contributed by atoms with van der Waals surface area (Å²) in [4.78, 5) is 0. The minimum absolute atomic E-state index is 0.412. The minimum Gasteiger partial charge on any atom is -0.285 e. The minimum atomic E-state index is 0.412. The Kier molecular flexibility index (Phi) is 0.670. The molecule has 1 N–H and O–H groups in total. The molecule has 1 heterocycles. The van der Waals surface area contributed by atoms with Gasteiger partial charge in [-0.25, -0.2) is 0 Å². The molecule has 0 amide bonds. The van der Waals surface area contributed by atoms with E-state index in [1.54, 1.807) is 0 Å². The van der Waals surface area contributed by atoms with Crippen LogP contribution in [-0.4, -0.2) is 12.4 Å². The normalized spacial score (nSPS) is 19.7. The van der Waals surface area contributed by atoms with Gasteiger partial charge in [0.15, 0.2) is 0 Å². The average Bonchev–Trinajstić information content (AvgIpc) is 1.86. The molecule has 32 valence electrons. The molecular weight excluding hydrogens is 78.1 g/mol. The van der Waals surface area contributed by atoms with Crippen LogP contribution >= 0.6 is 0 Å². The SMILES string of the molecule is N=C1CCN=N1. The zero-order chi connectivity index (χ0) is 4.41. The van der Waals surface area contributed by atoms with Crippen LogP contribution in [0.15, 0.2) is 10.2 Å². The fraction of sp³-hybridized carbons (Fsp3) is 0.667. The van der Waals surface area contributed by atoms with Gasteiger partial charge in [0.1, 0.15) is 5.84 Å². The largest absolute Gasteiger partial charge is 0.285 e. The summed E-state index contributed by atoms with van der Waals surface area (Å²) in [7, 11) is 0. The van der Waals surface area contributed by atoms with Gasteiger partial charge >= 0.3 is 0 Å². The molecule has 0 fully saturated rings. The van der Waals surface area contributed by atoms with Gasteiger partial charge in [0.05, 0.1) is 6.54 Å². The summed E-state index contributed by atoms with van der Waals surface area (Å²) in [5.74, 6) is 0.412. The Labute approximate surface area is 35.6 Å². The van der Waals surface area contributed by atoms with Crippen molar-refractivity contribution in [1.29, 1.82) is 5.41 Å². The average molecular weight is 83.1 g/mol. The summed E-state index contributed by atoms with van der Waals surface area (Å²) in [5, 5.41) is 13.8. The maximum absolute atomic E-state index is 6.79. The van der Waals surface area contributed by atoms with Gasteiger partial charge in [0, 0.05) is 6.42 Å². The predicted octanol–water partition coefficient (Wildman–Crippen LogP) is 0.820. The van der Waals surface area contributed by atoms with E-state index in [1.807, 2.05) is 0 Å². The van der Waals surface area contributed by atoms with Gasteiger partial charge in [0.2, 0.25) is 0 Å². The first-order valence-corrected chi connectivity index (χ1v) is 1.84. The monoisotopic (exact) mass is 83.0 g/mol. The predicted molar refractivity (Wildman–Crippen MR) is 22.1 cm³/mol. The van der Waals surface area contributed by atoms with E-state index in [1.165, 1.54) is 0 Å². The summed E-state index contributed by atoms with van der Waals surface area (Å²) >= 11 is 0. The second-order valence-corrected chi connectivity index (χ2v) is 1.16. The van der Waals surface area contributed by atoms with Crippen molar-refractivity contribution in [2.45, 2.75) is 6.42 Å². The standard InChI is InChI=1S/C3H5N3/c4-3-1-2-5-6-3/h4H,1-2H2. The fourth-order valence-electron chi connectivity index (χ4n) is 0.341. The van der Waals surface area contributed by atoms with Crippen molar-refractivity contribution in [3.05, 3.63) is 0 Å². The van der Waals surface area contributed by atoms with E-state index in [4.69, 9.17) is 5.41 Å². The maximum atomic E-state index is 6.79. The Morgan fingerprint density at radius 3 is 2.67 bits per heavy atom. The van der Waals surface area contributed by atoms with Gasteiger partial charge in [-0.2, -0.15) is 5.11 Å². The van der Waals surface area contributed by atoms with Crippen LogP contribution in [0.3, 0.4) is 0 Å². The van der Waals surface area contributed by atoms with Gasteiger partial charge < -0.3 is 0 Å². The maximum Gasteiger partial charge on any atom is 0.144 e. The van der Waals surface area contributed by atoms with Crippen molar-refractivity contribution >= 4 is 5.84 Å². The second-order valence-electron chi connectivity index (χ2n) is 1.16. The van der Waals surface area contributed by atoms with E-state index in [-0.39, 0.29) is 0 Å². The van der Waals surface area contributed by atoms with Crippen LogP contribution < -0.4 is 0 Å². The first kappa shape index (κ1) is 3.46. The van der Waals surface area contributed by atoms with Gasteiger partial charge in [0.25, 0.3) is 0 Å². The zero-order valence-corrected chi connectivity index (χ0v) is 3.31. The molecule has 3 nitrogen and oxygen atoms in total. The van der Waals surface area contributed by atoms with Crippen LogP contribution in [-0.2, 0) is 0 Å². The lowest BCUT2D eigenvalue weighted by molar-refractivity contribution is 1.05. The molecule has 3 heteroatoms. The summed E-state index contributed by atoms with van der Waals surface area (Å²) in [6, 6.07) is 0. The van der Waals surface area contributed by atoms with Gasteiger partial charge in [-0.15, -0.1) is 5.11 Å². The Bertz CT molecular complexity index is 94.2. The Morgan fingerprint density at radius 1 is 1.67 bits per heavy atom. The molecular formula is C3H5N3. The number of azo groups is 1. The highest BCUT2D eigenvalue weighted by Gasteiger charge is 1.97. The molecule has 0 spiro atoms. The molecule has 0 bridgehead atoms. The van der Waals surface area contributed by atoms with Crippen molar-refractivity contribution in [3.63, 3.8) is 0 Å². The summed E-state index contributed by atoms with van der Waals surface area (Å²) in [5.41, 5.74) is 0. The van der Waals surface area contributed by atoms with Crippen LogP contribution in [0, 0.1) is 5.41 Å². The number of nitrogens with zero attached hydrogens (tertiary/aromatic N) is 2. The summed E-state index contributed by atoms with van der Waals surface area (Å²) in [6.07, 6.45) is 0.736. The smallest absolute Gasteiger partial charge is 0.144 e. The molecule has 0 unspecified atom stereocenters. The third-order valence-corrected chi connectivity index (χ3v) is 0.640. The van der Waals surface area contributed by atoms with Crippen molar-refractivity contribution < 1.29 is 0 Å². The number of nitrogens with one attached hydrogen (secondary N) is 1. The lowest BCUT2D eigenvalue weighted by Gasteiger charge is -1.70. The Hall–Kier alpha value is -0.730. The summed E-state index contributed by atoms with van der Waals surface area (Å²) < 4.78 is 0. The third-order valence-electron chi connectivity index (χ3n) is 0.640. The highest BCUT2D eigenvalue weighted by atomic mass is 15.2. The van der Waals surface area contributed by atoms with E-state index >= 15 is 0 Å². The van der Waals surface area contributed by atoms with Crippen LogP contribution in [0.4, 0.5) is 0 Å². The number of rotatable bonds is 0. The molecule has 0 aromatic heterocycles. The number of hydrogen-bond acceptors (Lipinski definition) is 2. The van der Waals surface area contributed by atoms with Gasteiger partial charge in [-0.3, -0.25) is 5.41 Å². The molecule has 1 rings (SSSR count). The van der Waals surface area contributed by atoms with Crippen LogP contribution in [0.1, 0.15) is 6.42 Å². The van der Waals surface area contributed by atoms with Gasteiger partial charge in [-0.05, 0) is 0 Å².